The van der Waals surface area contributed by atoms with Gasteiger partial charge in [-0.05, 0) is 25.0 Å². The summed E-state index contributed by atoms with van der Waals surface area (Å²) < 4.78 is 4.68. The molecule has 0 radical (unpaired) electrons. The maximum atomic E-state index is 11.5. The molecule has 0 amide bonds. The molecule has 4 nitrogen and oxygen atoms in total. The van der Waals surface area contributed by atoms with Crippen molar-refractivity contribution in [3.8, 4) is 0 Å². The number of aliphatic hydroxyl groups is 1. The van der Waals surface area contributed by atoms with Gasteiger partial charge in [-0.2, -0.15) is 0 Å². The predicted octanol–water partition coefficient (Wildman–Crippen LogP) is 2.04. The van der Waals surface area contributed by atoms with Crippen LogP contribution in [-0.2, 0) is 9.53 Å². The summed E-state index contributed by atoms with van der Waals surface area (Å²) in [4.78, 5) is 11.5. The fourth-order valence-electron chi connectivity index (χ4n) is 2.17. The molecule has 0 saturated heterocycles. The standard InChI is InChI=1S/C16H23NO3/c1-5-8-17-14(10-15(18)20-4)16(19)13-7-6-11(2)9-12(13)3/h5-7,9,14,16-17,19H,1,8,10H2,2-4H3. The average Bonchev–Trinajstić information content (AvgIpc) is 2.42. The number of esters is 1. The van der Waals surface area contributed by atoms with Gasteiger partial charge in [0.2, 0.25) is 0 Å². The first-order valence-electron chi connectivity index (χ1n) is 6.66. The number of nitrogens with one attached hydrogen (secondary N) is 1. The van der Waals surface area contributed by atoms with Crippen molar-refractivity contribution < 1.29 is 14.6 Å². The van der Waals surface area contributed by atoms with Crippen LogP contribution in [0.1, 0.15) is 29.2 Å². The highest BCUT2D eigenvalue weighted by Crippen LogP contribution is 2.23. The summed E-state index contributed by atoms with van der Waals surface area (Å²) in [6.07, 6.45) is 1.03. The number of hydrogen-bond donors (Lipinski definition) is 2. The largest absolute Gasteiger partial charge is 0.469 e. The van der Waals surface area contributed by atoms with E-state index in [1.165, 1.54) is 7.11 Å². The third-order valence-corrected chi connectivity index (χ3v) is 3.26. The van der Waals surface area contributed by atoms with Crippen LogP contribution in [0.4, 0.5) is 0 Å². The number of methoxy groups -OCH3 is 1. The second kappa shape index (κ2) is 7.82. The second-order valence-electron chi connectivity index (χ2n) is 4.89. The molecule has 0 heterocycles. The van der Waals surface area contributed by atoms with E-state index in [-0.39, 0.29) is 12.4 Å². The normalized spacial score (nSPS) is 13.6. The van der Waals surface area contributed by atoms with Crippen LogP contribution < -0.4 is 5.32 Å². The van der Waals surface area contributed by atoms with Gasteiger partial charge in [0.05, 0.1) is 19.6 Å². The molecule has 0 bridgehead atoms. The Bertz CT molecular complexity index is 471. The van der Waals surface area contributed by atoms with Gasteiger partial charge in [0, 0.05) is 12.6 Å². The van der Waals surface area contributed by atoms with E-state index in [4.69, 9.17) is 0 Å². The lowest BCUT2D eigenvalue weighted by molar-refractivity contribution is -0.142. The summed E-state index contributed by atoms with van der Waals surface area (Å²) in [6, 6.07) is 5.46. The molecule has 2 unspecified atom stereocenters. The Morgan fingerprint density at radius 1 is 1.50 bits per heavy atom. The summed E-state index contributed by atoms with van der Waals surface area (Å²) >= 11 is 0. The third-order valence-electron chi connectivity index (χ3n) is 3.26. The first kappa shape index (κ1) is 16.4. The number of aryl methyl sites for hydroxylation is 2. The zero-order valence-electron chi connectivity index (χ0n) is 12.3. The average molecular weight is 277 g/mol. The third kappa shape index (κ3) is 4.47. The van der Waals surface area contributed by atoms with E-state index in [1.54, 1.807) is 6.08 Å². The summed E-state index contributed by atoms with van der Waals surface area (Å²) in [7, 11) is 1.34. The van der Waals surface area contributed by atoms with Gasteiger partial charge in [-0.15, -0.1) is 6.58 Å². The van der Waals surface area contributed by atoms with E-state index >= 15 is 0 Å². The number of aliphatic hydroxyl groups excluding tert-OH is 1. The number of ether oxygens (including phenoxy) is 1. The van der Waals surface area contributed by atoms with Crippen LogP contribution in [0.5, 0.6) is 0 Å². The van der Waals surface area contributed by atoms with Gasteiger partial charge in [0.25, 0.3) is 0 Å². The Morgan fingerprint density at radius 2 is 2.20 bits per heavy atom. The van der Waals surface area contributed by atoms with Gasteiger partial charge in [-0.3, -0.25) is 4.79 Å². The highest BCUT2D eigenvalue weighted by atomic mass is 16.5. The molecule has 0 fully saturated rings. The van der Waals surface area contributed by atoms with Gasteiger partial charge in [-0.25, -0.2) is 0 Å². The van der Waals surface area contributed by atoms with E-state index in [9.17, 15) is 9.90 Å². The van der Waals surface area contributed by atoms with Crippen LogP contribution in [0.15, 0.2) is 30.9 Å². The number of hydrogen-bond acceptors (Lipinski definition) is 4. The van der Waals surface area contributed by atoms with E-state index in [0.717, 1.165) is 16.7 Å². The number of benzene rings is 1. The molecule has 2 atom stereocenters. The lowest BCUT2D eigenvalue weighted by Gasteiger charge is -2.24. The maximum absolute atomic E-state index is 11.5. The molecule has 0 aromatic heterocycles. The fraction of sp³-hybridized carbons (Fsp3) is 0.438. The molecule has 0 aliphatic rings. The van der Waals surface area contributed by atoms with Gasteiger partial charge < -0.3 is 15.2 Å². The van der Waals surface area contributed by atoms with Crippen LogP contribution >= 0.6 is 0 Å². The number of carbonyl (C=O) groups excluding carboxylic acids is 1. The Labute approximate surface area is 120 Å². The minimum absolute atomic E-state index is 0.110. The molecular weight excluding hydrogens is 254 g/mol. The molecule has 0 aliphatic carbocycles. The highest BCUT2D eigenvalue weighted by Gasteiger charge is 2.24. The molecule has 1 rings (SSSR count). The van der Waals surface area contributed by atoms with E-state index in [2.05, 4.69) is 16.6 Å². The molecule has 110 valence electrons. The molecular formula is C16H23NO3. The van der Waals surface area contributed by atoms with E-state index in [1.807, 2.05) is 32.0 Å². The van der Waals surface area contributed by atoms with Crippen molar-refractivity contribution in [2.75, 3.05) is 13.7 Å². The first-order chi connectivity index (χ1) is 9.49. The summed E-state index contributed by atoms with van der Waals surface area (Å²) in [5.41, 5.74) is 2.97. The molecule has 1 aromatic carbocycles. The summed E-state index contributed by atoms with van der Waals surface area (Å²) in [6.45, 7) is 8.11. The molecule has 0 spiro atoms. The van der Waals surface area contributed by atoms with Gasteiger partial charge in [0.15, 0.2) is 0 Å². The van der Waals surface area contributed by atoms with Crippen LogP contribution in [0, 0.1) is 13.8 Å². The smallest absolute Gasteiger partial charge is 0.307 e. The second-order valence-corrected chi connectivity index (χ2v) is 4.89. The van der Waals surface area contributed by atoms with Crippen molar-refractivity contribution in [3.05, 3.63) is 47.5 Å². The molecule has 0 aliphatic heterocycles. The Hall–Kier alpha value is -1.65. The monoisotopic (exact) mass is 277 g/mol. The van der Waals surface area contributed by atoms with Crippen LogP contribution in [0.2, 0.25) is 0 Å². The maximum Gasteiger partial charge on any atom is 0.307 e. The van der Waals surface area contributed by atoms with E-state index in [0.29, 0.717) is 6.54 Å². The van der Waals surface area contributed by atoms with Crippen molar-refractivity contribution >= 4 is 5.97 Å². The zero-order chi connectivity index (χ0) is 15.1. The minimum Gasteiger partial charge on any atom is -0.469 e. The Balaban J connectivity index is 2.92. The van der Waals surface area contributed by atoms with Crippen LogP contribution in [-0.4, -0.2) is 30.8 Å². The molecule has 1 aromatic rings. The summed E-state index contributed by atoms with van der Waals surface area (Å²) in [5, 5.41) is 13.6. The van der Waals surface area contributed by atoms with Gasteiger partial charge >= 0.3 is 5.97 Å². The number of carbonyl (C=O) groups is 1. The molecule has 20 heavy (non-hydrogen) atoms. The van der Waals surface area contributed by atoms with Crippen molar-refractivity contribution in [1.29, 1.82) is 0 Å². The molecule has 2 N–H and O–H groups in total. The summed E-state index contributed by atoms with van der Waals surface area (Å²) in [5.74, 6) is -0.352. The molecule has 0 saturated carbocycles. The number of rotatable bonds is 7. The fourth-order valence-corrected chi connectivity index (χ4v) is 2.17. The van der Waals surface area contributed by atoms with Crippen molar-refractivity contribution in [1.82, 2.24) is 5.32 Å². The topological polar surface area (TPSA) is 58.6 Å². The predicted molar refractivity (Wildman–Crippen MR) is 79.5 cm³/mol. The van der Waals surface area contributed by atoms with Crippen LogP contribution in [0.3, 0.4) is 0 Å². The highest BCUT2D eigenvalue weighted by molar-refractivity contribution is 5.70. The van der Waals surface area contributed by atoms with Crippen LogP contribution in [0.25, 0.3) is 0 Å². The van der Waals surface area contributed by atoms with Crippen molar-refractivity contribution in [3.63, 3.8) is 0 Å². The Morgan fingerprint density at radius 3 is 2.75 bits per heavy atom. The minimum atomic E-state index is -0.769. The SMILES string of the molecule is C=CCNC(CC(=O)OC)C(O)c1ccc(C)cc1C. The Kier molecular flexibility index (Phi) is 6.42. The van der Waals surface area contributed by atoms with E-state index < -0.39 is 12.1 Å². The van der Waals surface area contributed by atoms with Gasteiger partial charge in [-0.1, -0.05) is 29.8 Å². The molecule has 4 heteroatoms. The van der Waals surface area contributed by atoms with Gasteiger partial charge in [0.1, 0.15) is 0 Å². The lowest BCUT2D eigenvalue weighted by Crippen LogP contribution is -2.37. The lowest BCUT2D eigenvalue weighted by atomic mass is 9.94. The quantitative estimate of drug-likeness (QED) is 0.591. The first-order valence-corrected chi connectivity index (χ1v) is 6.66. The van der Waals surface area contributed by atoms with Crippen molar-refractivity contribution in [2.24, 2.45) is 0 Å². The zero-order valence-corrected chi connectivity index (χ0v) is 12.3. The van der Waals surface area contributed by atoms with Crippen molar-refractivity contribution in [2.45, 2.75) is 32.4 Å².